The highest BCUT2D eigenvalue weighted by Gasteiger charge is 2.39. The van der Waals surface area contributed by atoms with Crippen molar-refractivity contribution in [3.63, 3.8) is 0 Å². The van der Waals surface area contributed by atoms with Gasteiger partial charge in [0.25, 0.3) is 0 Å². The Kier molecular flexibility index (Phi) is 7.81. The standard InChI is InChI=1S/C31H30N2O3/c1-36-28-20-12-11-13-23(28)21-27(30(32)35)33-29(34)22-31(24-14-5-2-6-15-24,25-16-7-3-8-17-25)26-18-9-4-10-19-26/h2-20,27H,21-22H2,1H3,(H2,32,35)(H,33,34)/t27-/m1/s1. The highest BCUT2D eigenvalue weighted by Crippen LogP contribution is 2.42. The third kappa shape index (κ3) is 5.31. The molecule has 0 aromatic heterocycles. The Morgan fingerprint density at radius 2 is 1.19 bits per heavy atom. The second-order valence-electron chi connectivity index (χ2n) is 8.72. The SMILES string of the molecule is COc1ccccc1C[C@@H](NC(=O)CC(c1ccccc1)(c1ccccc1)c1ccccc1)C(N)=O. The summed E-state index contributed by atoms with van der Waals surface area (Å²) >= 11 is 0. The molecule has 0 fully saturated rings. The topological polar surface area (TPSA) is 81.4 Å². The maximum atomic E-state index is 13.7. The fourth-order valence-electron chi connectivity index (χ4n) is 4.77. The van der Waals surface area contributed by atoms with Gasteiger partial charge < -0.3 is 15.8 Å². The van der Waals surface area contributed by atoms with E-state index in [1.807, 2.05) is 115 Å². The number of methoxy groups -OCH3 is 1. The number of nitrogens with two attached hydrogens (primary N) is 1. The van der Waals surface area contributed by atoms with Gasteiger partial charge in [-0.25, -0.2) is 0 Å². The van der Waals surface area contributed by atoms with E-state index in [-0.39, 0.29) is 18.7 Å². The predicted molar refractivity (Wildman–Crippen MR) is 142 cm³/mol. The van der Waals surface area contributed by atoms with Gasteiger partial charge in [-0.3, -0.25) is 9.59 Å². The molecular formula is C31H30N2O3. The molecule has 4 rings (SSSR count). The summed E-state index contributed by atoms with van der Waals surface area (Å²) in [6, 6.07) is 36.5. The van der Waals surface area contributed by atoms with Crippen LogP contribution in [0.15, 0.2) is 115 Å². The molecule has 0 saturated heterocycles. The summed E-state index contributed by atoms with van der Waals surface area (Å²) in [6.07, 6.45) is 0.334. The first-order valence-electron chi connectivity index (χ1n) is 11.9. The molecule has 182 valence electrons. The van der Waals surface area contributed by atoms with E-state index >= 15 is 0 Å². The molecule has 0 bridgehead atoms. The van der Waals surface area contributed by atoms with Crippen LogP contribution in [-0.4, -0.2) is 25.0 Å². The van der Waals surface area contributed by atoms with Crippen molar-refractivity contribution in [2.75, 3.05) is 7.11 Å². The Balaban J connectivity index is 1.73. The molecule has 0 spiro atoms. The van der Waals surface area contributed by atoms with E-state index in [1.54, 1.807) is 7.11 Å². The van der Waals surface area contributed by atoms with Crippen LogP contribution in [0.2, 0.25) is 0 Å². The van der Waals surface area contributed by atoms with Crippen LogP contribution < -0.4 is 15.8 Å². The van der Waals surface area contributed by atoms with Crippen molar-refractivity contribution in [3.05, 3.63) is 138 Å². The maximum Gasteiger partial charge on any atom is 0.240 e. The normalized spacial score (nSPS) is 11.9. The smallest absolute Gasteiger partial charge is 0.240 e. The first-order chi connectivity index (χ1) is 17.5. The van der Waals surface area contributed by atoms with Crippen LogP contribution >= 0.6 is 0 Å². The Hall–Kier alpha value is -4.38. The summed E-state index contributed by atoms with van der Waals surface area (Å²) in [5.74, 6) is -0.227. The predicted octanol–water partition coefficient (Wildman–Crippen LogP) is 4.63. The van der Waals surface area contributed by atoms with Crippen molar-refractivity contribution in [2.24, 2.45) is 5.73 Å². The van der Waals surface area contributed by atoms with Crippen LogP contribution in [0.4, 0.5) is 0 Å². The van der Waals surface area contributed by atoms with Gasteiger partial charge in [0.2, 0.25) is 11.8 Å². The van der Waals surface area contributed by atoms with Crippen LogP contribution in [0.25, 0.3) is 0 Å². The van der Waals surface area contributed by atoms with Crippen LogP contribution in [0.1, 0.15) is 28.7 Å². The van der Waals surface area contributed by atoms with Crippen molar-refractivity contribution < 1.29 is 14.3 Å². The van der Waals surface area contributed by atoms with Gasteiger partial charge in [0.05, 0.1) is 12.5 Å². The molecule has 2 amide bonds. The molecule has 0 aliphatic heterocycles. The lowest BCUT2D eigenvalue weighted by Crippen LogP contribution is -2.48. The van der Waals surface area contributed by atoms with Crippen molar-refractivity contribution >= 4 is 11.8 Å². The number of hydrogen-bond donors (Lipinski definition) is 2. The number of carbonyl (C=O) groups is 2. The van der Waals surface area contributed by atoms with Gasteiger partial charge in [0, 0.05) is 12.8 Å². The third-order valence-corrected chi connectivity index (χ3v) is 6.52. The van der Waals surface area contributed by atoms with Gasteiger partial charge in [-0.15, -0.1) is 0 Å². The minimum absolute atomic E-state index is 0.0980. The number of nitrogens with one attached hydrogen (secondary N) is 1. The summed E-state index contributed by atoms with van der Waals surface area (Å²) in [7, 11) is 1.57. The first kappa shape index (κ1) is 24.7. The Bertz CT molecular complexity index is 1190. The summed E-state index contributed by atoms with van der Waals surface area (Å²) in [5, 5.41) is 2.91. The van der Waals surface area contributed by atoms with E-state index in [9.17, 15) is 9.59 Å². The van der Waals surface area contributed by atoms with E-state index in [0.29, 0.717) is 5.75 Å². The third-order valence-electron chi connectivity index (χ3n) is 6.52. The number of benzene rings is 4. The number of primary amides is 1. The molecule has 0 radical (unpaired) electrons. The van der Waals surface area contributed by atoms with Gasteiger partial charge in [-0.2, -0.15) is 0 Å². The number of para-hydroxylation sites is 1. The first-order valence-corrected chi connectivity index (χ1v) is 11.9. The molecule has 0 heterocycles. The van der Waals surface area contributed by atoms with Crippen molar-refractivity contribution in [2.45, 2.75) is 24.3 Å². The van der Waals surface area contributed by atoms with Gasteiger partial charge in [0.1, 0.15) is 11.8 Å². The minimum atomic E-state index is -0.881. The lowest BCUT2D eigenvalue weighted by Gasteiger charge is -2.36. The maximum absolute atomic E-state index is 13.7. The van der Waals surface area contributed by atoms with E-state index in [1.165, 1.54) is 0 Å². The minimum Gasteiger partial charge on any atom is -0.496 e. The number of carbonyl (C=O) groups excluding carboxylic acids is 2. The Labute approximate surface area is 211 Å². The second kappa shape index (κ2) is 11.4. The molecule has 5 nitrogen and oxygen atoms in total. The molecule has 4 aromatic rings. The zero-order valence-electron chi connectivity index (χ0n) is 20.3. The fourth-order valence-corrected chi connectivity index (χ4v) is 4.77. The van der Waals surface area contributed by atoms with Gasteiger partial charge in [-0.1, -0.05) is 109 Å². The van der Waals surface area contributed by atoms with Crippen LogP contribution in [-0.2, 0) is 21.4 Å². The van der Waals surface area contributed by atoms with Gasteiger partial charge in [0.15, 0.2) is 0 Å². The van der Waals surface area contributed by atoms with Crippen molar-refractivity contribution in [1.29, 1.82) is 0 Å². The second-order valence-corrected chi connectivity index (χ2v) is 8.72. The van der Waals surface area contributed by atoms with Gasteiger partial charge >= 0.3 is 0 Å². The molecule has 5 heteroatoms. The molecule has 0 aliphatic carbocycles. The van der Waals surface area contributed by atoms with E-state index in [4.69, 9.17) is 10.5 Å². The number of rotatable bonds is 10. The molecule has 0 saturated carbocycles. The molecule has 3 N–H and O–H groups in total. The highest BCUT2D eigenvalue weighted by atomic mass is 16.5. The van der Waals surface area contributed by atoms with E-state index in [2.05, 4.69) is 5.32 Å². The van der Waals surface area contributed by atoms with Crippen molar-refractivity contribution in [3.8, 4) is 5.75 Å². The lowest BCUT2D eigenvalue weighted by atomic mass is 9.67. The molecule has 4 aromatic carbocycles. The lowest BCUT2D eigenvalue weighted by molar-refractivity contribution is -0.127. The molecule has 0 unspecified atom stereocenters. The zero-order chi connectivity index (χ0) is 25.4. The summed E-state index contributed by atoms with van der Waals surface area (Å²) in [5.41, 5.74) is 8.71. The molecule has 0 aliphatic rings. The highest BCUT2D eigenvalue weighted by molar-refractivity contribution is 5.88. The van der Waals surface area contributed by atoms with Crippen molar-refractivity contribution in [1.82, 2.24) is 5.32 Å². The summed E-state index contributed by atoms with van der Waals surface area (Å²) < 4.78 is 5.42. The summed E-state index contributed by atoms with van der Waals surface area (Å²) in [4.78, 5) is 26.1. The summed E-state index contributed by atoms with van der Waals surface area (Å²) in [6.45, 7) is 0. The molecular weight excluding hydrogens is 448 g/mol. The largest absolute Gasteiger partial charge is 0.496 e. The van der Waals surface area contributed by atoms with Crippen LogP contribution in [0.5, 0.6) is 5.75 Å². The monoisotopic (exact) mass is 478 g/mol. The Morgan fingerprint density at radius 3 is 1.64 bits per heavy atom. The molecule has 36 heavy (non-hydrogen) atoms. The number of amides is 2. The molecule has 1 atom stereocenters. The van der Waals surface area contributed by atoms with Crippen LogP contribution in [0, 0.1) is 0 Å². The number of ether oxygens (including phenoxy) is 1. The van der Waals surface area contributed by atoms with E-state index in [0.717, 1.165) is 22.3 Å². The van der Waals surface area contributed by atoms with Gasteiger partial charge in [-0.05, 0) is 28.3 Å². The number of hydrogen-bond acceptors (Lipinski definition) is 3. The quantitative estimate of drug-likeness (QED) is 0.326. The van der Waals surface area contributed by atoms with E-state index < -0.39 is 17.4 Å². The average molecular weight is 479 g/mol. The fraction of sp³-hybridized carbons (Fsp3) is 0.161. The Morgan fingerprint density at radius 1 is 0.750 bits per heavy atom. The average Bonchev–Trinajstić information content (AvgIpc) is 2.93. The zero-order valence-corrected chi connectivity index (χ0v) is 20.3. The van der Waals surface area contributed by atoms with Crippen LogP contribution in [0.3, 0.4) is 0 Å².